The summed E-state index contributed by atoms with van der Waals surface area (Å²) in [7, 11) is 0. The van der Waals surface area contributed by atoms with Crippen LogP contribution in [0.5, 0.6) is 5.75 Å². The van der Waals surface area contributed by atoms with Crippen molar-refractivity contribution in [2.24, 2.45) is 0 Å². The summed E-state index contributed by atoms with van der Waals surface area (Å²) in [6.45, 7) is 5.00. The standard InChI is InChI=1S/C25H32N4O4/c1-3-33-22-11-9-20(10-12-22)28-25(32)29-15-13-21(14-16-29)27-24(31)23(26-18(2)30)17-19-7-5-4-6-8-19/h4-12,21,23H,3,13-17H2,1-2H3,(H,26,30)(H,27,31)(H,28,32). The summed E-state index contributed by atoms with van der Waals surface area (Å²) in [6.07, 6.45) is 1.73. The van der Waals surface area contributed by atoms with Crippen molar-refractivity contribution in [3.63, 3.8) is 0 Å². The molecule has 1 aliphatic heterocycles. The Morgan fingerprint density at radius 3 is 2.30 bits per heavy atom. The van der Waals surface area contributed by atoms with Gasteiger partial charge in [0.2, 0.25) is 11.8 Å². The predicted molar refractivity (Wildman–Crippen MR) is 127 cm³/mol. The Morgan fingerprint density at radius 1 is 1.03 bits per heavy atom. The number of benzene rings is 2. The number of carbonyl (C=O) groups excluding carboxylic acids is 3. The summed E-state index contributed by atoms with van der Waals surface area (Å²) < 4.78 is 5.42. The molecule has 0 saturated carbocycles. The highest BCUT2D eigenvalue weighted by Crippen LogP contribution is 2.17. The van der Waals surface area contributed by atoms with Gasteiger partial charge < -0.3 is 25.6 Å². The lowest BCUT2D eigenvalue weighted by Gasteiger charge is -2.33. The average molecular weight is 453 g/mol. The van der Waals surface area contributed by atoms with E-state index in [9.17, 15) is 14.4 Å². The van der Waals surface area contributed by atoms with Crippen molar-refractivity contribution in [3.8, 4) is 5.75 Å². The Bertz CT molecular complexity index is 925. The van der Waals surface area contributed by atoms with Gasteiger partial charge in [-0.25, -0.2) is 4.79 Å². The van der Waals surface area contributed by atoms with Crippen LogP contribution < -0.4 is 20.7 Å². The third-order valence-electron chi connectivity index (χ3n) is 5.52. The van der Waals surface area contributed by atoms with Crippen LogP contribution >= 0.6 is 0 Å². The number of carbonyl (C=O) groups is 3. The Labute approximate surface area is 194 Å². The van der Waals surface area contributed by atoms with Crippen LogP contribution in [0.25, 0.3) is 0 Å². The molecule has 1 fully saturated rings. The minimum atomic E-state index is -0.633. The maximum atomic E-state index is 12.9. The Hall–Kier alpha value is -3.55. The second kappa shape index (κ2) is 11.9. The topological polar surface area (TPSA) is 99.8 Å². The van der Waals surface area contributed by atoms with Gasteiger partial charge in [0.25, 0.3) is 0 Å². The maximum Gasteiger partial charge on any atom is 0.321 e. The van der Waals surface area contributed by atoms with Crippen LogP contribution in [0.1, 0.15) is 32.3 Å². The molecular formula is C25H32N4O4. The summed E-state index contributed by atoms with van der Waals surface area (Å²) in [5.41, 5.74) is 1.69. The number of nitrogens with zero attached hydrogens (tertiary/aromatic N) is 1. The van der Waals surface area contributed by atoms with Gasteiger partial charge in [-0.15, -0.1) is 0 Å². The van der Waals surface area contributed by atoms with Crippen LogP contribution in [0.4, 0.5) is 10.5 Å². The molecule has 0 aliphatic carbocycles. The molecule has 0 spiro atoms. The number of ether oxygens (including phenoxy) is 1. The minimum absolute atomic E-state index is 0.0425. The van der Waals surface area contributed by atoms with Gasteiger partial charge in [-0.05, 0) is 49.6 Å². The SMILES string of the molecule is CCOc1ccc(NC(=O)N2CCC(NC(=O)C(Cc3ccccc3)NC(C)=O)CC2)cc1. The highest BCUT2D eigenvalue weighted by molar-refractivity contribution is 5.89. The number of anilines is 1. The van der Waals surface area contributed by atoms with E-state index in [1.807, 2.05) is 61.5 Å². The number of amides is 4. The molecule has 33 heavy (non-hydrogen) atoms. The van der Waals surface area contributed by atoms with Crippen LogP contribution in [-0.4, -0.2) is 54.5 Å². The number of hydrogen-bond acceptors (Lipinski definition) is 4. The van der Waals surface area contributed by atoms with Gasteiger partial charge in [-0.1, -0.05) is 30.3 Å². The first-order valence-electron chi connectivity index (χ1n) is 11.3. The molecule has 0 bridgehead atoms. The van der Waals surface area contributed by atoms with E-state index in [1.165, 1.54) is 6.92 Å². The van der Waals surface area contributed by atoms with E-state index in [1.54, 1.807) is 4.90 Å². The van der Waals surface area contributed by atoms with E-state index < -0.39 is 6.04 Å². The number of hydrogen-bond donors (Lipinski definition) is 3. The van der Waals surface area contributed by atoms with E-state index in [0.29, 0.717) is 44.6 Å². The van der Waals surface area contributed by atoms with E-state index in [4.69, 9.17) is 4.74 Å². The molecule has 3 N–H and O–H groups in total. The second-order valence-corrected chi connectivity index (χ2v) is 8.10. The molecule has 0 aromatic heterocycles. The molecule has 0 radical (unpaired) electrons. The van der Waals surface area contributed by atoms with Gasteiger partial charge in [-0.3, -0.25) is 9.59 Å². The molecule has 8 nitrogen and oxygen atoms in total. The van der Waals surface area contributed by atoms with E-state index in [0.717, 1.165) is 11.3 Å². The zero-order chi connectivity index (χ0) is 23.6. The van der Waals surface area contributed by atoms with Crippen molar-refractivity contribution in [1.29, 1.82) is 0 Å². The Morgan fingerprint density at radius 2 is 1.70 bits per heavy atom. The van der Waals surface area contributed by atoms with Crippen molar-refractivity contribution >= 4 is 23.5 Å². The average Bonchev–Trinajstić information content (AvgIpc) is 2.81. The lowest BCUT2D eigenvalue weighted by molar-refractivity contribution is -0.128. The third-order valence-corrected chi connectivity index (χ3v) is 5.52. The Kier molecular flexibility index (Phi) is 8.69. The minimum Gasteiger partial charge on any atom is -0.494 e. The first-order chi connectivity index (χ1) is 15.9. The lowest BCUT2D eigenvalue weighted by atomic mass is 10.0. The molecule has 1 heterocycles. The summed E-state index contributed by atoms with van der Waals surface area (Å²) in [4.78, 5) is 38.8. The fraction of sp³-hybridized carbons (Fsp3) is 0.400. The molecule has 176 valence electrons. The smallest absolute Gasteiger partial charge is 0.321 e. The van der Waals surface area contributed by atoms with Crippen LogP contribution in [-0.2, 0) is 16.0 Å². The van der Waals surface area contributed by atoms with Crippen LogP contribution in [0.15, 0.2) is 54.6 Å². The van der Waals surface area contributed by atoms with Crippen molar-refractivity contribution in [2.75, 3.05) is 25.0 Å². The van der Waals surface area contributed by atoms with Crippen LogP contribution in [0.3, 0.4) is 0 Å². The molecule has 1 saturated heterocycles. The maximum absolute atomic E-state index is 12.9. The number of likely N-dealkylation sites (tertiary alicyclic amines) is 1. The monoisotopic (exact) mass is 452 g/mol. The third kappa shape index (κ3) is 7.52. The van der Waals surface area contributed by atoms with Gasteiger partial charge in [0, 0.05) is 38.2 Å². The van der Waals surface area contributed by atoms with Crippen molar-refractivity contribution in [2.45, 2.75) is 45.2 Å². The molecule has 1 aliphatic rings. The number of rotatable bonds is 8. The van der Waals surface area contributed by atoms with Crippen molar-refractivity contribution in [1.82, 2.24) is 15.5 Å². The summed E-state index contributed by atoms with van der Waals surface area (Å²) in [5.74, 6) is 0.315. The molecule has 2 aromatic rings. The zero-order valence-electron chi connectivity index (χ0n) is 19.2. The normalized spacial score (nSPS) is 14.8. The molecule has 2 aromatic carbocycles. The lowest BCUT2D eigenvalue weighted by Crippen LogP contribution is -2.53. The van der Waals surface area contributed by atoms with Crippen molar-refractivity contribution in [3.05, 3.63) is 60.2 Å². The fourth-order valence-corrected chi connectivity index (χ4v) is 3.84. The van der Waals surface area contributed by atoms with Gasteiger partial charge in [-0.2, -0.15) is 0 Å². The molecule has 3 rings (SSSR count). The van der Waals surface area contributed by atoms with Gasteiger partial charge in [0.1, 0.15) is 11.8 Å². The van der Waals surface area contributed by atoms with Gasteiger partial charge >= 0.3 is 6.03 Å². The quantitative estimate of drug-likeness (QED) is 0.573. The number of nitrogens with one attached hydrogen (secondary N) is 3. The first-order valence-corrected chi connectivity index (χ1v) is 11.3. The van der Waals surface area contributed by atoms with Crippen LogP contribution in [0, 0.1) is 0 Å². The zero-order valence-corrected chi connectivity index (χ0v) is 19.2. The van der Waals surface area contributed by atoms with E-state index >= 15 is 0 Å². The molecule has 4 amide bonds. The highest BCUT2D eigenvalue weighted by Gasteiger charge is 2.27. The van der Waals surface area contributed by atoms with E-state index in [2.05, 4.69) is 16.0 Å². The molecule has 8 heteroatoms. The largest absolute Gasteiger partial charge is 0.494 e. The van der Waals surface area contributed by atoms with Crippen LogP contribution in [0.2, 0.25) is 0 Å². The summed E-state index contributed by atoms with van der Waals surface area (Å²) >= 11 is 0. The number of urea groups is 1. The van der Waals surface area contributed by atoms with Gasteiger partial charge in [0.05, 0.1) is 6.61 Å². The van der Waals surface area contributed by atoms with E-state index in [-0.39, 0.29) is 23.9 Å². The second-order valence-electron chi connectivity index (χ2n) is 8.10. The summed E-state index contributed by atoms with van der Waals surface area (Å²) in [5, 5.41) is 8.70. The first kappa shape index (κ1) is 24.1. The molecule has 1 atom stereocenters. The Balaban J connectivity index is 1.48. The molecular weight excluding hydrogens is 420 g/mol. The summed E-state index contributed by atoms with van der Waals surface area (Å²) in [6, 6.07) is 16.0. The fourth-order valence-electron chi connectivity index (χ4n) is 3.84. The molecule has 1 unspecified atom stereocenters. The number of piperidine rings is 1. The predicted octanol–water partition coefficient (Wildman–Crippen LogP) is 2.95. The van der Waals surface area contributed by atoms with Gasteiger partial charge in [0.15, 0.2) is 0 Å². The van der Waals surface area contributed by atoms with Crippen molar-refractivity contribution < 1.29 is 19.1 Å². The highest BCUT2D eigenvalue weighted by atomic mass is 16.5.